The number of furan rings is 1. The zero-order chi connectivity index (χ0) is 55.6. The third kappa shape index (κ3) is 7.60. The molecule has 4 nitrogen and oxygen atoms in total. The molecule has 2 aliphatic heterocycles. The van der Waals surface area contributed by atoms with E-state index in [2.05, 4.69) is 274 Å². The molecule has 11 aromatic rings. The SMILES string of the molecule is C#C/C=C\c1c(C)oc2cccc(N3c4cc(N(c5ccccc5-c5ccccc5)c5ccccc5-c5ccccc5)ccc4B4c5sc6cc7c(cc6c5N(C5=CCC(C(C)(C)C)C=C5)c5cccc3c54)-c3ccccc3C7(C)C)c12. The summed E-state index contributed by atoms with van der Waals surface area (Å²) in [5, 5.41) is 2.30. The van der Waals surface area contributed by atoms with Crippen LogP contribution >= 0.6 is 11.3 Å². The fourth-order valence-electron chi connectivity index (χ4n) is 13.9. The summed E-state index contributed by atoms with van der Waals surface area (Å²) >= 11 is 1.97. The van der Waals surface area contributed by atoms with Gasteiger partial charge < -0.3 is 19.1 Å². The first-order valence-electron chi connectivity index (χ1n) is 28.7. The number of nitrogens with zero attached hydrogens (tertiary/aromatic N) is 3. The maximum atomic E-state index is 6.67. The Morgan fingerprint density at radius 2 is 1.29 bits per heavy atom. The molecular formula is C76H60BN3OS. The lowest BCUT2D eigenvalue weighted by molar-refractivity contribution is 0.293. The maximum Gasteiger partial charge on any atom is 0.264 e. The first-order chi connectivity index (χ1) is 40.0. The molecular weight excluding hydrogens is 1010 g/mol. The molecule has 394 valence electrons. The fourth-order valence-corrected chi connectivity index (χ4v) is 15.3. The summed E-state index contributed by atoms with van der Waals surface area (Å²) in [6.45, 7) is 13.8. The van der Waals surface area contributed by atoms with Crippen molar-refractivity contribution in [3.8, 4) is 45.7 Å². The fraction of sp³-hybridized carbons (Fsp3) is 0.132. The largest absolute Gasteiger partial charge is 0.461 e. The number of aryl methyl sites for hydroxylation is 1. The molecule has 0 amide bonds. The Morgan fingerprint density at radius 3 is 1.96 bits per heavy atom. The molecule has 0 spiro atoms. The highest BCUT2D eigenvalue weighted by Gasteiger charge is 2.47. The van der Waals surface area contributed by atoms with Crippen LogP contribution in [0.1, 0.15) is 63.5 Å². The van der Waals surface area contributed by atoms with Crippen molar-refractivity contribution in [1.29, 1.82) is 0 Å². The molecule has 0 bridgehead atoms. The topological polar surface area (TPSA) is 22.9 Å². The highest BCUT2D eigenvalue weighted by atomic mass is 32.1. The molecule has 1 atom stereocenters. The molecule has 4 heterocycles. The van der Waals surface area contributed by atoms with Gasteiger partial charge in [0.2, 0.25) is 0 Å². The van der Waals surface area contributed by atoms with Crippen LogP contribution in [0.2, 0.25) is 0 Å². The number of para-hydroxylation sites is 2. The van der Waals surface area contributed by atoms with Gasteiger partial charge in [0, 0.05) is 65.4 Å². The van der Waals surface area contributed by atoms with Crippen molar-refractivity contribution in [2.75, 3.05) is 14.7 Å². The van der Waals surface area contributed by atoms with Gasteiger partial charge in [-0.1, -0.05) is 192 Å². The van der Waals surface area contributed by atoms with Gasteiger partial charge in [-0.25, -0.2) is 0 Å². The second-order valence-corrected chi connectivity index (χ2v) is 25.0. The quantitative estimate of drug-likeness (QED) is 0.112. The summed E-state index contributed by atoms with van der Waals surface area (Å²) in [6.07, 6.45) is 18.1. The van der Waals surface area contributed by atoms with Gasteiger partial charge in [-0.3, -0.25) is 0 Å². The Labute approximate surface area is 485 Å². The molecule has 4 aliphatic rings. The van der Waals surface area contributed by atoms with Crippen molar-refractivity contribution >= 4 is 106 Å². The van der Waals surface area contributed by atoms with Crippen molar-refractivity contribution in [2.45, 2.75) is 53.4 Å². The van der Waals surface area contributed by atoms with E-state index in [-0.39, 0.29) is 17.5 Å². The number of fused-ring (bicyclic) bond motifs is 10. The van der Waals surface area contributed by atoms with Crippen LogP contribution < -0.4 is 30.4 Å². The Morgan fingerprint density at radius 1 is 0.659 bits per heavy atom. The molecule has 0 fully saturated rings. The lowest BCUT2D eigenvalue weighted by Crippen LogP contribution is -2.60. The average Bonchev–Trinajstić information content (AvgIpc) is 1.91. The van der Waals surface area contributed by atoms with Crippen LogP contribution in [0.5, 0.6) is 0 Å². The van der Waals surface area contributed by atoms with Gasteiger partial charge in [0.05, 0.1) is 28.1 Å². The van der Waals surface area contributed by atoms with Crippen LogP contribution in [0, 0.1) is 30.6 Å². The smallest absolute Gasteiger partial charge is 0.264 e. The van der Waals surface area contributed by atoms with E-state index in [0.717, 1.165) is 85.1 Å². The van der Waals surface area contributed by atoms with Gasteiger partial charge in [0.15, 0.2) is 0 Å². The van der Waals surface area contributed by atoms with E-state index in [4.69, 9.17) is 10.8 Å². The average molecular weight is 1070 g/mol. The Kier molecular flexibility index (Phi) is 11.5. The van der Waals surface area contributed by atoms with Crippen LogP contribution in [0.4, 0.5) is 45.5 Å². The van der Waals surface area contributed by atoms with E-state index in [9.17, 15) is 0 Å². The van der Waals surface area contributed by atoms with Crippen molar-refractivity contribution in [3.05, 3.63) is 253 Å². The van der Waals surface area contributed by atoms with Crippen LogP contribution in [0.25, 0.3) is 60.5 Å². The number of terminal acetylenes is 1. The highest BCUT2D eigenvalue weighted by Crippen LogP contribution is 2.55. The van der Waals surface area contributed by atoms with E-state index in [1.807, 2.05) is 24.3 Å². The number of benzene rings is 9. The Balaban J connectivity index is 1.04. The van der Waals surface area contributed by atoms with E-state index in [1.54, 1.807) is 6.08 Å². The minimum absolute atomic E-state index is 0.103. The lowest BCUT2D eigenvalue weighted by atomic mass is 9.36. The molecule has 0 N–H and O–H groups in total. The first kappa shape index (κ1) is 49.7. The van der Waals surface area contributed by atoms with Crippen LogP contribution in [-0.4, -0.2) is 6.71 Å². The molecule has 2 aliphatic carbocycles. The monoisotopic (exact) mass is 1070 g/mol. The minimum atomic E-state index is -0.143. The van der Waals surface area contributed by atoms with Gasteiger partial charge in [-0.05, 0) is 148 Å². The van der Waals surface area contributed by atoms with Gasteiger partial charge in [0.1, 0.15) is 11.3 Å². The van der Waals surface area contributed by atoms with Crippen molar-refractivity contribution in [1.82, 2.24) is 0 Å². The molecule has 0 radical (unpaired) electrons. The maximum absolute atomic E-state index is 6.67. The summed E-state index contributed by atoms with van der Waals surface area (Å²) in [7, 11) is 0. The van der Waals surface area contributed by atoms with Gasteiger partial charge in [0.25, 0.3) is 6.71 Å². The first-order valence-corrected chi connectivity index (χ1v) is 29.5. The molecule has 9 aromatic carbocycles. The number of hydrogen-bond acceptors (Lipinski definition) is 5. The lowest BCUT2D eigenvalue weighted by Gasteiger charge is -2.44. The standard InChI is InChI=1S/C76H60BN3OS/c1-8-9-28-54-48(2)81-69-38-23-35-65(71(54)69)80-67-37-22-36-66-72(67)77(74-73(79(66)52-41-39-51(40-42-52)75(3,4)5)59-46-58-57-31-16-19-32-60(57)76(6,7)61(58)47-70(59)82-74)62-44-43-53(45-68(62)80)78(63-33-20-17-29-55(63)49-24-12-10-13-25-49)64-34-21-18-30-56(64)50-26-14-11-15-27-50/h1,9-39,41-47,51H,40H2,2-7H3/b28-9-. The van der Waals surface area contributed by atoms with Crippen LogP contribution in [0.3, 0.4) is 0 Å². The molecule has 15 rings (SSSR count). The summed E-state index contributed by atoms with van der Waals surface area (Å²) < 4.78 is 9.33. The minimum Gasteiger partial charge on any atom is -0.461 e. The molecule has 0 saturated carbocycles. The van der Waals surface area contributed by atoms with Crippen LogP contribution in [-0.2, 0) is 5.41 Å². The summed E-state index contributed by atoms with van der Waals surface area (Å²) in [4.78, 5) is 7.65. The Bertz CT molecular complexity index is 4480. The highest BCUT2D eigenvalue weighted by molar-refractivity contribution is 7.33. The van der Waals surface area contributed by atoms with Gasteiger partial charge in [-0.2, -0.15) is 0 Å². The van der Waals surface area contributed by atoms with E-state index in [1.165, 1.54) is 65.1 Å². The number of rotatable bonds is 8. The normalized spacial score (nSPS) is 15.5. The predicted octanol–water partition coefficient (Wildman–Crippen LogP) is 19.0. The third-order valence-corrected chi connectivity index (χ3v) is 19.2. The number of thiophene rings is 1. The predicted molar refractivity (Wildman–Crippen MR) is 350 cm³/mol. The molecule has 1 unspecified atom stereocenters. The zero-order valence-corrected chi connectivity index (χ0v) is 47.9. The number of allylic oxidation sites excluding steroid dienone is 4. The third-order valence-electron chi connectivity index (χ3n) is 17.9. The molecule has 6 heteroatoms. The van der Waals surface area contributed by atoms with Gasteiger partial charge >= 0.3 is 0 Å². The van der Waals surface area contributed by atoms with E-state index in [0.29, 0.717) is 5.92 Å². The number of anilines is 8. The summed E-state index contributed by atoms with van der Waals surface area (Å²) in [5.41, 5.74) is 24.4. The number of hydrogen-bond donors (Lipinski definition) is 0. The molecule has 82 heavy (non-hydrogen) atoms. The summed E-state index contributed by atoms with van der Waals surface area (Å²) in [5.74, 6) is 4.01. The van der Waals surface area contributed by atoms with E-state index < -0.39 is 0 Å². The zero-order valence-electron chi connectivity index (χ0n) is 47.0. The molecule has 2 aromatic heterocycles. The van der Waals surface area contributed by atoms with Crippen LogP contribution in [0.15, 0.2) is 235 Å². The second-order valence-electron chi connectivity index (χ2n) is 24.0. The van der Waals surface area contributed by atoms with Crippen molar-refractivity contribution in [3.63, 3.8) is 0 Å². The summed E-state index contributed by atoms with van der Waals surface area (Å²) in [6, 6.07) is 74.2. The Hall–Kier alpha value is -9.28. The van der Waals surface area contributed by atoms with Crippen molar-refractivity contribution in [2.24, 2.45) is 11.3 Å². The van der Waals surface area contributed by atoms with Gasteiger partial charge in [-0.15, -0.1) is 17.8 Å². The van der Waals surface area contributed by atoms with E-state index >= 15 is 0 Å². The second kappa shape index (κ2) is 18.9. The molecule has 0 saturated heterocycles. The van der Waals surface area contributed by atoms with Crippen molar-refractivity contribution < 1.29 is 4.42 Å².